The van der Waals surface area contributed by atoms with Crippen LogP contribution in [0.25, 0.3) is 0 Å². The number of nitrogens with zero attached hydrogens (tertiary/aromatic N) is 1. The van der Waals surface area contributed by atoms with Crippen LogP contribution in [0.3, 0.4) is 0 Å². The Bertz CT molecular complexity index is 1330. The van der Waals surface area contributed by atoms with Crippen LogP contribution >= 0.6 is 23.4 Å². The summed E-state index contributed by atoms with van der Waals surface area (Å²) < 4.78 is 64.0. The van der Waals surface area contributed by atoms with Crippen molar-refractivity contribution < 1.29 is 26.4 Å². The van der Waals surface area contributed by atoms with E-state index in [1.165, 1.54) is 0 Å². The van der Waals surface area contributed by atoms with Crippen molar-refractivity contribution in [1.29, 1.82) is 0 Å². The zero-order valence-corrected chi connectivity index (χ0v) is 18.9. The monoisotopic (exact) mass is 517 g/mol. The summed E-state index contributed by atoms with van der Waals surface area (Å²) in [5.74, 6) is -0.478. The molecular weight excluding hydrogens is 503 g/mol. The molecule has 0 aliphatic carbocycles. The van der Waals surface area contributed by atoms with Gasteiger partial charge in [-0.1, -0.05) is 41.6 Å². The fraction of sp³-hybridized carbons (Fsp3) is 0.150. The molecule has 3 aromatic rings. The number of halogens is 4. The van der Waals surface area contributed by atoms with Crippen LogP contribution in [0, 0.1) is 0 Å². The maximum Gasteiger partial charge on any atom is 0.416 e. The number of aromatic amines is 1. The van der Waals surface area contributed by atoms with E-state index in [1.54, 1.807) is 24.3 Å². The Morgan fingerprint density at radius 1 is 1.15 bits per heavy atom. The molecule has 3 rings (SSSR count). The van der Waals surface area contributed by atoms with E-state index in [9.17, 15) is 31.2 Å². The fourth-order valence-corrected chi connectivity index (χ4v) is 4.65. The van der Waals surface area contributed by atoms with E-state index in [1.807, 2.05) is 0 Å². The average molecular weight is 518 g/mol. The summed E-state index contributed by atoms with van der Waals surface area (Å²) in [6, 6.07) is 9.92. The van der Waals surface area contributed by atoms with Crippen LogP contribution in [-0.2, 0) is 27.4 Å². The number of nitrogens with one attached hydrogen (secondary N) is 2. The first-order chi connectivity index (χ1) is 15.5. The Morgan fingerprint density at radius 2 is 1.85 bits per heavy atom. The average Bonchev–Trinajstić information content (AvgIpc) is 2.76. The van der Waals surface area contributed by atoms with Gasteiger partial charge in [-0.2, -0.15) is 13.2 Å². The molecule has 1 aromatic heterocycles. The van der Waals surface area contributed by atoms with Crippen molar-refractivity contribution in [3.63, 3.8) is 0 Å². The topological polar surface area (TPSA) is 109 Å². The highest BCUT2D eigenvalue weighted by Gasteiger charge is 2.32. The van der Waals surface area contributed by atoms with Gasteiger partial charge in [0, 0.05) is 11.6 Å². The van der Waals surface area contributed by atoms with Crippen molar-refractivity contribution in [2.24, 2.45) is 0 Å². The van der Waals surface area contributed by atoms with Crippen LogP contribution in [0.5, 0.6) is 0 Å². The van der Waals surface area contributed by atoms with Gasteiger partial charge < -0.3 is 10.3 Å². The Labute approximate surface area is 195 Å². The van der Waals surface area contributed by atoms with Crippen molar-refractivity contribution in [2.75, 3.05) is 5.75 Å². The predicted molar refractivity (Wildman–Crippen MR) is 116 cm³/mol. The van der Waals surface area contributed by atoms with Crippen molar-refractivity contribution >= 4 is 39.1 Å². The largest absolute Gasteiger partial charge is 0.416 e. The molecule has 0 saturated heterocycles. The third-order valence-corrected chi connectivity index (χ3v) is 7.13. The summed E-state index contributed by atoms with van der Waals surface area (Å²) in [5.41, 5.74) is -1.40. The van der Waals surface area contributed by atoms with Crippen LogP contribution in [0.1, 0.15) is 11.1 Å². The van der Waals surface area contributed by atoms with Crippen molar-refractivity contribution in [3.8, 4) is 0 Å². The van der Waals surface area contributed by atoms with Gasteiger partial charge in [-0.05, 0) is 35.9 Å². The molecule has 7 nitrogen and oxygen atoms in total. The number of hydrogen-bond donors (Lipinski definition) is 2. The van der Waals surface area contributed by atoms with E-state index in [0.29, 0.717) is 11.1 Å². The maximum atomic E-state index is 12.9. The molecule has 0 unspecified atom stereocenters. The van der Waals surface area contributed by atoms with Gasteiger partial charge in [0.15, 0.2) is 10.1 Å². The highest BCUT2D eigenvalue weighted by atomic mass is 35.5. The Morgan fingerprint density at radius 3 is 2.48 bits per heavy atom. The Hall–Kier alpha value is -2.83. The lowest BCUT2D eigenvalue weighted by Gasteiger charge is -2.09. The molecule has 0 aliphatic rings. The van der Waals surface area contributed by atoms with Gasteiger partial charge >= 0.3 is 6.18 Å². The van der Waals surface area contributed by atoms with Crippen molar-refractivity contribution in [2.45, 2.75) is 27.7 Å². The van der Waals surface area contributed by atoms with Crippen LogP contribution in [0.4, 0.5) is 13.2 Å². The molecule has 0 bridgehead atoms. The number of carbonyl (C=O) groups is 1. The number of sulfone groups is 1. The lowest BCUT2D eigenvalue weighted by Crippen LogP contribution is -2.25. The highest BCUT2D eigenvalue weighted by molar-refractivity contribution is 7.99. The second-order valence-electron chi connectivity index (χ2n) is 6.60. The summed E-state index contributed by atoms with van der Waals surface area (Å²) >= 11 is 6.65. The summed E-state index contributed by atoms with van der Waals surface area (Å²) in [6.07, 6.45) is -3.99. The van der Waals surface area contributed by atoms with Gasteiger partial charge in [0.1, 0.15) is 0 Å². The summed E-state index contributed by atoms with van der Waals surface area (Å²) in [6.45, 7) is 0.259. The molecule has 0 fully saturated rings. The minimum Gasteiger partial charge on any atom is -0.351 e. The molecular formula is C20H15ClF3N3O4S2. The molecule has 13 heteroatoms. The van der Waals surface area contributed by atoms with Crippen LogP contribution in [-0.4, -0.2) is 30.0 Å². The summed E-state index contributed by atoms with van der Waals surface area (Å²) in [5, 5.41) is 3.21. The smallest absolute Gasteiger partial charge is 0.351 e. The second-order valence-corrected chi connectivity index (χ2v) is 9.92. The van der Waals surface area contributed by atoms with Gasteiger partial charge in [0.25, 0.3) is 5.56 Å². The van der Waals surface area contributed by atoms with Crippen molar-refractivity contribution in [3.05, 3.63) is 81.2 Å². The maximum absolute atomic E-state index is 12.9. The molecule has 1 amide bonds. The molecule has 2 N–H and O–H groups in total. The third-order valence-electron chi connectivity index (χ3n) is 4.25. The predicted octanol–water partition coefficient (Wildman–Crippen LogP) is 3.68. The van der Waals surface area contributed by atoms with Crippen LogP contribution in [0.15, 0.2) is 74.5 Å². The second kappa shape index (κ2) is 9.98. The lowest BCUT2D eigenvalue weighted by atomic mass is 10.2. The Kier molecular flexibility index (Phi) is 7.50. The van der Waals surface area contributed by atoms with E-state index in [0.717, 1.165) is 41.7 Å². The standard InChI is InChI=1S/C20H15ClF3N3O4S2/c21-14-6-4-12(5-7-14)9-25-17(28)11-32-19-26-10-16(18(29)27-19)33(30,31)15-3-1-2-13(8-15)20(22,23)24/h1-8,10H,9,11H2,(H,25,28)(H,26,27,29). The first kappa shape index (κ1) is 24.8. The number of amides is 1. The Balaban J connectivity index is 1.67. The van der Waals surface area contributed by atoms with Gasteiger partial charge in [0.05, 0.1) is 22.4 Å². The molecule has 1 heterocycles. The van der Waals surface area contributed by atoms with E-state index in [2.05, 4.69) is 15.3 Å². The SMILES string of the molecule is O=C(CSc1ncc(S(=O)(=O)c2cccc(C(F)(F)F)c2)c(=O)[nH]1)NCc1ccc(Cl)cc1. The molecule has 0 spiro atoms. The molecule has 174 valence electrons. The highest BCUT2D eigenvalue weighted by Crippen LogP contribution is 2.31. The zero-order valence-electron chi connectivity index (χ0n) is 16.5. The minimum atomic E-state index is -4.75. The van der Waals surface area contributed by atoms with Gasteiger partial charge in [0.2, 0.25) is 15.7 Å². The molecule has 0 atom stereocenters. The summed E-state index contributed by atoms with van der Waals surface area (Å²) in [4.78, 5) is 28.9. The molecule has 0 aliphatic heterocycles. The number of carbonyl (C=O) groups excluding carboxylic acids is 1. The molecule has 2 aromatic carbocycles. The van der Waals surface area contributed by atoms with E-state index >= 15 is 0 Å². The van der Waals surface area contributed by atoms with Crippen LogP contribution in [0.2, 0.25) is 5.02 Å². The number of hydrogen-bond acceptors (Lipinski definition) is 6. The number of alkyl halides is 3. The molecule has 0 saturated carbocycles. The van der Waals surface area contributed by atoms with Gasteiger partial charge in [-0.15, -0.1) is 0 Å². The lowest BCUT2D eigenvalue weighted by molar-refractivity contribution is -0.137. The number of thioether (sulfide) groups is 1. The first-order valence-corrected chi connectivity index (χ1v) is 12.0. The third kappa shape index (κ3) is 6.36. The first-order valence-electron chi connectivity index (χ1n) is 9.12. The number of H-pyrrole nitrogens is 1. The van der Waals surface area contributed by atoms with Gasteiger partial charge in [-0.3, -0.25) is 9.59 Å². The normalized spacial score (nSPS) is 11.9. The van der Waals surface area contributed by atoms with E-state index in [-0.39, 0.29) is 23.4 Å². The van der Waals surface area contributed by atoms with E-state index < -0.39 is 36.9 Å². The number of rotatable bonds is 7. The quantitative estimate of drug-likeness (QED) is 0.365. The minimum absolute atomic E-state index is 0.0235. The van der Waals surface area contributed by atoms with Crippen LogP contribution < -0.4 is 10.9 Å². The number of benzene rings is 2. The van der Waals surface area contributed by atoms with E-state index in [4.69, 9.17) is 11.6 Å². The molecule has 33 heavy (non-hydrogen) atoms. The van der Waals surface area contributed by atoms with Gasteiger partial charge in [-0.25, -0.2) is 13.4 Å². The number of aromatic nitrogens is 2. The summed E-state index contributed by atoms with van der Waals surface area (Å²) in [7, 11) is -4.55. The fourth-order valence-electron chi connectivity index (χ4n) is 2.59. The molecule has 0 radical (unpaired) electrons. The zero-order chi connectivity index (χ0) is 24.2. The van der Waals surface area contributed by atoms with Crippen molar-refractivity contribution in [1.82, 2.24) is 15.3 Å².